The molecule has 40 heteroatoms. The predicted molar refractivity (Wildman–Crippen MR) is 320 cm³/mol. The molecule has 0 bridgehead atoms. The van der Waals surface area contributed by atoms with E-state index in [4.69, 9.17) is 46.8 Å². The van der Waals surface area contributed by atoms with Crippen molar-refractivity contribution in [3.8, 4) is 5.82 Å². The van der Waals surface area contributed by atoms with Gasteiger partial charge < -0.3 is 40.0 Å². The summed E-state index contributed by atoms with van der Waals surface area (Å²) >= 11 is 5.30. The predicted octanol–water partition coefficient (Wildman–Crippen LogP) is 2.40. The molecule has 87 heavy (non-hydrogen) atoms. The van der Waals surface area contributed by atoms with Crippen molar-refractivity contribution in [3.63, 3.8) is 0 Å². The van der Waals surface area contributed by atoms with Crippen LogP contribution in [0.5, 0.6) is 0 Å². The average Bonchev–Trinajstić information content (AvgIpc) is 1.69. The molecule has 0 radical (unpaired) electrons. The molecular formula is C47H64I3N24O13-. The first-order chi connectivity index (χ1) is 41.3. The number of nitrogens with two attached hydrogens (primary N) is 1. The van der Waals surface area contributed by atoms with E-state index in [9.17, 15) is 44.1 Å². The summed E-state index contributed by atoms with van der Waals surface area (Å²) in [6.07, 6.45) is 3.58. The van der Waals surface area contributed by atoms with Crippen LogP contribution in [-0.2, 0) is 18.9 Å². The van der Waals surface area contributed by atoms with Crippen molar-refractivity contribution >= 4 is 43.0 Å². The fourth-order valence-electron chi connectivity index (χ4n) is 10.4. The molecule has 37 nitrogen and oxygen atoms in total. The van der Waals surface area contributed by atoms with Crippen LogP contribution in [0.25, 0.3) is 47.6 Å². The molecule has 9 heterocycles. The Bertz CT molecular complexity index is 3630. The van der Waals surface area contributed by atoms with Gasteiger partial charge in [-0.05, 0) is 71.3 Å². The molecule has 472 valence electrons. The number of ether oxygens (including phenoxy) is 4. The Morgan fingerprint density at radius 2 is 0.977 bits per heavy atom. The summed E-state index contributed by atoms with van der Waals surface area (Å²) in [5, 5.41) is 47.5. The number of nitrogens with one attached hydrogen (secondary N) is 2. The molecule has 1 unspecified atom stereocenters. The normalized spacial score (nSPS) is 31.0. The maximum absolute atomic E-state index is 12.4. The van der Waals surface area contributed by atoms with Crippen LogP contribution < -0.4 is 52.9 Å². The monoisotopic (exact) mass is 1550 g/mol. The SMILES string of the molecule is CC[C@@]1(N=[N+]=[N-])O[C@@H](n2ccc(-n3cncn3)nc2=O)[C@H](C)[C@@H]1C.CC[C@@]1(N=[N+]=[N-])O[C@@H](n2ccc(=O)[nH]c2=O)[C@H](C)[C@@H]1C.CC[C@@]1(N=[N+]=[N-])O[C@@H](n2ccc(N)nc2=O)[C@H](C)[C@@H]1C.I[I-]I.[N-]=[N+]=N[C@]1(CO)OC(n2ccc(=O)[nH]c2=O)[C@H](O)[C@@H]1O. The number of hydrogen-bond acceptors (Lipinski definition) is 22. The molecule has 0 saturated carbocycles. The molecule has 0 aliphatic carbocycles. The van der Waals surface area contributed by atoms with E-state index in [2.05, 4.69) is 102 Å². The summed E-state index contributed by atoms with van der Waals surface area (Å²) in [6.45, 7) is 16.5. The second kappa shape index (κ2) is 30.9. The minimum atomic E-state index is -2.10. The Labute approximate surface area is 521 Å². The van der Waals surface area contributed by atoms with Crippen LogP contribution >= 0.6 is 37.2 Å². The van der Waals surface area contributed by atoms with Gasteiger partial charge in [0.2, 0.25) is 5.72 Å². The van der Waals surface area contributed by atoms with E-state index in [-0.39, 0.29) is 41.3 Å². The summed E-state index contributed by atoms with van der Waals surface area (Å²) in [5.74, 6) is 0.390. The molecular weight excluding hydrogens is 1490 g/mol. The number of aliphatic hydroxyl groups excluding tert-OH is 3. The van der Waals surface area contributed by atoms with E-state index in [0.717, 1.165) is 16.8 Å². The first-order valence-electron chi connectivity index (χ1n) is 26.5. The molecule has 5 aromatic rings. The first kappa shape index (κ1) is 71.0. The second-order valence-electron chi connectivity index (χ2n) is 20.2. The Hall–Kier alpha value is -6.79. The minimum absolute atomic E-state index is 0.00331. The van der Waals surface area contributed by atoms with Gasteiger partial charge in [-0.3, -0.25) is 37.8 Å². The molecule has 4 saturated heterocycles. The largest absolute Gasteiger partial charge is 0.393 e. The van der Waals surface area contributed by atoms with Crippen molar-refractivity contribution < 1.29 is 47.5 Å². The van der Waals surface area contributed by atoms with E-state index in [1.807, 2.05) is 67.3 Å². The molecule has 4 aliphatic heterocycles. The molecule has 0 aromatic carbocycles. The van der Waals surface area contributed by atoms with Crippen LogP contribution in [0.2, 0.25) is 0 Å². The van der Waals surface area contributed by atoms with Gasteiger partial charge in [-0.2, -0.15) is 15.1 Å². The number of rotatable bonds is 13. The standard InChI is InChI=1S/C14H18N8O2.C12H18N6O2.C12H17N5O3.C9H11N5O6.I3/c1-4-14(19-20-15)10(3)9(2)12(24-14)21-6-5-11(18-13(21)23)22-8-16-7-17-22;1-4-12(16-17-14)8(3)7(2)10(20-12)18-6-5-9(13)15-11(18)19;1-4-12(15-16-13)8(3)7(2)10(20-12)17-6-5-9(18)14-11(17)19;10-13-12-9(3-15)6(18)5(17)7(20-9)14-2-1-4(16)11-8(14)19;1-3-2/h5-10,12H,4H2,1-3H3;5-8,10H,4H2,1-3H3,(H2,13,15,19);5-8,10H,4H2,1-3H3,(H,14,18,19);1-2,5-7,15,17-18H,3H2,(H,11,16,19);/q;;;;-1/t9-,10+,12-,14-;2*7-,8+,10-,12-;5-,6+,7?,9-;/m1111./s1. The van der Waals surface area contributed by atoms with Crippen LogP contribution in [0.1, 0.15) is 106 Å². The molecule has 7 N–H and O–H groups in total. The number of halogens is 3. The Kier molecular flexibility index (Phi) is 25.2. The molecule has 5 aromatic heterocycles. The number of H-pyrrole nitrogens is 2. The number of aromatic amines is 2. The van der Waals surface area contributed by atoms with Crippen molar-refractivity contribution in [2.24, 2.45) is 56.0 Å². The second-order valence-corrected chi connectivity index (χ2v) is 36.5. The number of aromatic nitrogens is 11. The first-order valence-corrected chi connectivity index (χ1v) is 39.1. The maximum atomic E-state index is 12.4. The Morgan fingerprint density at radius 3 is 1.33 bits per heavy atom. The van der Waals surface area contributed by atoms with Crippen molar-refractivity contribution in [2.45, 2.75) is 142 Å². The quantitative estimate of drug-likeness (QED) is 0.0426. The minimum Gasteiger partial charge on any atom is -0.393 e. The van der Waals surface area contributed by atoms with Gasteiger partial charge in [-0.25, -0.2) is 28.8 Å². The van der Waals surface area contributed by atoms with Crippen LogP contribution in [-0.4, -0.2) is 110 Å². The van der Waals surface area contributed by atoms with E-state index in [1.165, 1.54) is 43.3 Å². The van der Waals surface area contributed by atoms with Crippen LogP contribution in [0, 0.1) is 35.5 Å². The van der Waals surface area contributed by atoms with Gasteiger partial charge in [0.05, 0.1) is 6.61 Å². The zero-order valence-electron chi connectivity index (χ0n) is 48.1. The number of anilines is 1. The van der Waals surface area contributed by atoms with Gasteiger partial charge in [0.1, 0.15) is 49.4 Å². The topological polar surface area (TPSA) is 529 Å². The van der Waals surface area contributed by atoms with Crippen LogP contribution in [0.15, 0.2) is 111 Å². The number of nitrogen functional groups attached to an aromatic ring is 1. The summed E-state index contributed by atoms with van der Waals surface area (Å²) < 4.78 is 29.3. The van der Waals surface area contributed by atoms with Crippen molar-refractivity contribution in [2.75, 3.05) is 12.3 Å². The molecule has 4 fully saturated rings. The van der Waals surface area contributed by atoms with Crippen LogP contribution in [0.4, 0.5) is 5.82 Å². The van der Waals surface area contributed by atoms with E-state index >= 15 is 0 Å². The zero-order chi connectivity index (χ0) is 64.8. The average molecular weight is 1550 g/mol. The maximum Gasteiger partial charge on any atom is 0.330 e. The number of aliphatic hydroxyl groups is 3. The Balaban J connectivity index is 0.000000209. The molecule has 0 spiro atoms. The van der Waals surface area contributed by atoms with Crippen molar-refractivity contribution in [3.05, 3.63) is 166 Å². The Morgan fingerprint density at radius 1 is 0.609 bits per heavy atom. The van der Waals surface area contributed by atoms with Crippen molar-refractivity contribution in [1.29, 1.82) is 0 Å². The van der Waals surface area contributed by atoms with E-state index in [0.29, 0.717) is 38.3 Å². The number of azide groups is 4. The van der Waals surface area contributed by atoms with Crippen LogP contribution in [0.3, 0.4) is 0 Å². The fourth-order valence-corrected chi connectivity index (χ4v) is 10.4. The van der Waals surface area contributed by atoms with Gasteiger partial charge in [-0.15, -0.1) is 0 Å². The third kappa shape index (κ3) is 15.2. The van der Waals surface area contributed by atoms with Gasteiger partial charge in [-0.1, -0.05) is 82.8 Å². The van der Waals surface area contributed by atoms with E-state index in [1.54, 1.807) is 24.5 Å². The summed E-state index contributed by atoms with van der Waals surface area (Å²) in [7, 11) is 0. The third-order valence-electron chi connectivity index (χ3n) is 15.9. The van der Waals surface area contributed by atoms with Gasteiger partial charge in [0, 0.05) is 74.3 Å². The molecule has 4 aliphatic rings. The molecule has 9 rings (SSSR count). The molecule has 0 amide bonds. The summed E-state index contributed by atoms with van der Waals surface area (Å²) in [4.78, 5) is 96.7. The molecule has 16 atom stereocenters. The summed E-state index contributed by atoms with van der Waals surface area (Å²) in [6, 6.07) is 5.48. The summed E-state index contributed by atoms with van der Waals surface area (Å²) in [5.41, 5.74) is 31.9. The smallest absolute Gasteiger partial charge is 0.330 e. The van der Waals surface area contributed by atoms with Crippen molar-refractivity contribution in [1.82, 2.24) is 53.0 Å². The zero-order valence-corrected chi connectivity index (χ0v) is 54.5. The van der Waals surface area contributed by atoms with Gasteiger partial charge >= 0.3 is 73.2 Å². The fraction of sp³-hybridized carbons (Fsp3) is 0.617. The number of nitrogens with zero attached hydrogens (tertiary/aromatic N) is 21. The van der Waals surface area contributed by atoms with E-state index < -0.39 is 101 Å². The van der Waals surface area contributed by atoms with Gasteiger partial charge in [0.25, 0.3) is 11.1 Å². The third-order valence-corrected chi connectivity index (χ3v) is 15.9. The number of hydrogen-bond donors (Lipinski definition) is 6. The van der Waals surface area contributed by atoms with Gasteiger partial charge in [0.15, 0.2) is 29.2 Å².